The number of aryl methyl sites for hydroxylation is 1. The molecule has 25 heavy (non-hydrogen) atoms. The van der Waals surface area contributed by atoms with Gasteiger partial charge in [-0.1, -0.05) is 12.5 Å². The zero-order valence-corrected chi connectivity index (χ0v) is 15.3. The normalized spacial score (nSPS) is 28.4. The van der Waals surface area contributed by atoms with E-state index in [4.69, 9.17) is 15.2 Å². The Kier molecular flexibility index (Phi) is 5.97. The van der Waals surface area contributed by atoms with Crippen molar-refractivity contribution in [2.75, 3.05) is 25.6 Å². The minimum atomic E-state index is 0.0585. The molecule has 3 rings (SSSR count). The van der Waals surface area contributed by atoms with Crippen molar-refractivity contribution >= 4 is 11.6 Å². The van der Waals surface area contributed by atoms with E-state index in [9.17, 15) is 4.79 Å². The lowest BCUT2D eigenvalue weighted by Crippen LogP contribution is -2.48. The zero-order valence-electron chi connectivity index (χ0n) is 15.3. The zero-order chi connectivity index (χ0) is 17.8. The van der Waals surface area contributed by atoms with Gasteiger partial charge in [0, 0.05) is 19.1 Å². The molecule has 0 aliphatic heterocycles. The van der Waals surface area contributed by atoms with Gasteiger partial charge in [-0.05, 0) is 62.1 Å². The standard InChI is InChI=1S/C20H30N2O3/c1-13-6-7-17(18(10-13)25-9-8-24-2)22-20(23)16-11-14-4-3-5-15(12-16)19(14)21/h6-7,10,14-16,19H,3-5,8-9,11-12,21H2,1-2H3,(H,22,23). The van der Waals surface area contributed by atoms with E-state index in [2.05, 4.69) is 5.32 Å². The van der Waals surface area contributed by atoms with Crippen LogP contribution in [0.4, 0.5) is 5.69 Å². The Bertz CT molecular complexity index is 591. The molecule has 0 heterocycles. The highest BCUT2D eigenvalue weighted by Crippen LogP contribution is 2.42. The van der Waals surface area contributed by atoms with Gasteiger partial charge in [-0.15, -0.1) is 0 Å². The highest BCUT2D eigenvalue weighted by molar-refractivity contribution is 5.94. The molecule has 0 saturated heterocycles. The summed E-state index contributed by atoms with van der Waals surface area (Å²) in [5, 5.41) is 3.09. The molecule has 2 bridgehead atoms. The maximum Gasteiger partial charge on any atom is 0.227 e. The van der Waals surface area contributed by atoms with E-state index in [1.807, 2.05) is 25.1 Å². The lowest BCUT2D eigenvalue weighted by atomic mass is 9.65. The minimum Gasteiger partial charge on any atom is -0.489 e. The van der Waals surface area contributed by atoms with Gasteiger partial charge in [0.25, 0.3) is 0 Å². The maximum atomic E-state index is 12.8. The number of carbonyl (C=O) groups is 1. The molecular formula is C20H30N2O3. The summed E-state index contributed by atoms with van der Waals surface area (Å²) < 4.78 is 10.8. The highest BCUT2D eigenvalue weighted by Gasteiger charge is 2.40. The van der Waals surface area contributed by atoms with Crippen molar-refractivity contribution in [1.82, 2.24) is 0 Å². The molecule has 2 saturated carbocycles. The van der Waals surface area contributed by atoms with Crippen LogP contribution >= 0.6 is 0 Å². The Balaban J connectivity index is 1.66. The van der Waals surface area contributed by atoms with Gasteiger partial charge in [-0.2, -0.15) is 0 Å². The largest absolute Gasteiger partial charge is 0.489 e. The molecule has 2 unspecified atom stereocenters. The van der Waals surface area contributed by atoms with Gasteiger partial charge in [0.15, 0.2) is 0 Å². The number of nitrogens with one attached hydrogen (secondary N) is 1. The molecule has 2 aliphatic carbocycles. The van der Waals surface area contributed by atoms with Gasteiger partial charge in [0.05, 0.1) is 12.3 Å². The molecular weight excluding hydrogens is 316 g/mol. The third-order valence-electron chi connectivity index (χ3n) is 5.72. The van der Waals surface area contributed by atoms with Crippen molar-refractivity contribution < 1.29 is 14.3 Å². The number of fused-ring (bicyclic) bond motifs is 2. The van der Waals surface area contributed by atoms with Crippen molar-refractivity contribution in [1.29, 1.82) is 0 Å². The average molecular weight is 346 g/mol. The van der Waals surface area contributed by atoms with Crippen LogP contribution in [0.2, 0.25) is 0 Å². The van der Waals surface area contributed by atoms with Gasteiger partial charge in [-0.3, -0.25) is 4.79 Å². The fourth-order valence-corrected chi connectivity index (χ4v) is 4.33. The lowest BCUT2D eigenvalue weighted by molar-refractivity contribution is -0.122. The van der Waals surface area contributed by atoms with E-state index in [0.717, 1.165) is 36.9 Å². The predicted octanol–water partition coefficient (Wildman–Crippen LogP) is 3.11. The predicted molar refractivity (Wildman–Crippen MR) is 98.7 cm³/mol. The van der Waals surface area contributed by atoms with Crippen molar-refractivity contribution in [3.05, 3.63) is 23.8 Å². The van der Waals surface area contributed by atoms with Crippen LogP contribution < -0.4 is 15.8 Å². The molecule has 138 valence electrons. The number of carbonyl (C=O) groups excluding carboxylic acids is 1. The van der Waals surface area contributed by atoms with Crippen LogP contribution in [0, 0.1) is 24.7 Å². The van der Waals surface area contributed by atoms with E-state index < -0.39 is 0 Å². The highest BCUT2D eigenvalue weighted by atomic mass is 16.5. The fourth-order valence-electron chi connectivity index (χ4n) is 4.33. The van der Waals surface area contributed by atoms with Crippen LogP contribution in [0.3, 0.4) is 0 Å². The number of ether oxygens (including phenoxy) is 2. The topological polar surface area (TPSA) is 73.6 Å². The Labute approximate surface area is 150 Å². The van der Waals surface area contributed by atoms with Gasteiger partial charge in [0.2, 0.25) is 5.91 Å². The average Bonchev–Trinajstić information content (AvgIpc) is 2.57. The second kappa shape index (κ2) is 8.19. The third-order valence-corrected chi connectivity index (χ3v) is 5.72. The summed E-state index contributed by atoms with van der Waals surface area (Å²) >= 11 is 0. The summed E-state index contributed by atoms with van der Waals surface area (Å²) in [7, 11) is 1.65. The number of anilines is 1. The first kappa shape index (κ1) is 18.2. The SMILES string of the molecule is COCCOc1cc(C)ccc1NC(=O)C1CC2CCCC(C1)C2N. The fraction of sp³-hybridized carbons (Fsp3) is 0.650. The Hall–Kier alpha value is -1.59. The van der Waals surface area contributed by atoms with Crippen molar-refractivity contribution in [2.45, 2.75) is 45.1 Å². The molecule has 5 heteroatoms. The molecule has 2 aliphatic rings. The molecule has 0 spiro atoms. The number of hydrogen-bond acceptors (Lipinski definition) is 4. The third kappa shape index (κ3) is 4.33. The number of methoxy groups -OCH3 is 1. The number of benzene rings is 1. The summed E-state index contributed by atoms with van der Waals surface area (Å²) in [6.07, 6.45) is 5.41. The molecule has 3 N–H and O–H groups in total. The van der Waals surface area contributed by atoms with Gasteiger partial charge >= 0.3 is 0 Å². The first-order valence-corrected chi connectivity index (χ1v) is 9.37. The molecule has 1 aromatic carbocycles. The summed E-state index contributed by atoms with van der Waals surface area (Å²) in [5.74, 6) is 1.86. The van der Waals surface area contributed by atoms with Gasteiger partial charge in [0.1, 0.15) is 12.4 Å². The van der Waals surface area contributed by atoms with Crippen LogP contribution in [0.5, 0.6) is 5.75 Å². The number of rotatable bonds is 6. The second-order valence-electron chi connectivity index (χ2n) is 7.53. The Morgan fingerprint density at radius 3 is 2.64 bits per heavy atom. The van der Waals surface area contributed by atoms with E-state index in [-0.39, 0.29) is 17.9 Å². The van der Waals surface area contributed by atoms with Crippen molar-refractivity contribution in [2.24, 2.45) is 23.5 Å². The van der Waals surface area contributed by atoms with Crippen molar-refractivity contribution in [3.8, 4) is 5.75 Å². The molecule has 1 amide bonds. The van der Waals surface area contributed by atoms with Gasteiger partial charge < -0.3 is 20.5 Å². The summed E-state index contributed by atoms with van der Waals surface area (Å²) in [6.45, 7) is 2.99. The first-order chi connectivity index (χ1) is 12.1. The van der Waals surface area contributed by atoms with Crippen LogP contribution in [-0.4, -0.2) is 32.3 Å². The van der Waals surface area contributed by atoms with Crippen LogP contribution in [0.25, 0.3) is 0 Å². The van der Waals surface area contributed by atoms with E-state index in [1.165, 1.54) is 6.42 Å². The maximum absolute atomic E-state index is 12.8. The van der Waals surface area contributed by atoms with Gasteiger partial charge in [-0.25, -0.2) is 0 Å². The molecule has 0 aromatic heterocycles. The monoisotopic (exact) mass is 346 g/mol. The molecule has 0 radical (unpaired) electrons. The Morgan fingerprint density at radius 2 is 1.96 bits per heavy atom. The minimum absolute atomic E-state index is 0.0585. The molecule has 2 fully saturated rings. The van der Waals surface area contributed by atoms with E-state index in [0.29, 0.717) is 30.8 Å². The van der Waals surface area contributed by atoms with E-state index in [1.54, 1.807) is 7.11 Å². The van der Waals surface area contributed by atoms with Crippen LogP contribution in [0.1, 0.15) is 37.7 Å². The molecule has 1 aromatic rings. The number of hydrogen-bond donors (Lipinski definition) is 2. The van der Waals surface area contributed by atoms with Crippen molar-refractivity contribution in [3.63, 3.8) is 0 Å². The van der Waals surface area contributed by atoms with E-state index >= 15 is 0 Å². The second-order valence-corrected chi connectivity index (χ2v) is 7.53. The summed E-state index contributed by atoms with van der Waals surface area (Å²) in [4.78, 5) is 12.8. The molecule has 2 atom stereocenters. The summed E-state index contributed by atoms with van der Waals surface area (Å²) in [5.41, 5.74) is 8.19. The first-order valence-electron chi connectivity index (χ1n) is 9.37. The smallest absolute Gasteiger partial charge is 0.227 e. The van der Waals surface area contributed by atoms with Crippen LogP contribution in [-0.2, 0) is 9.53 Å². The quantitative estimate of drug-likeness (QED) is 0.776. The Morgan fingerprint density at radius 1 is 1.24 bits per heavy atom. The number of nitrogens with two attached hydrogens (primary N) is 1. The molecule has 5 nitrogen and oxygen atoms in total. The lowest BCUT2D eigenvalue weighted by Gasteiger charge is -2.43. The number of amides is 1. The summed E-state index contributed by atoms with van der Waals surface area (Å²) in [6, 6.07) is 6.15. The van der Waals surface area contributed by atoms with Crippen LogP contribution in [0.15, 0.2) is 18.2 Å².